The average Bonchev–Trinajstić information content (AvgIpc) is 3.26. The minimum atomic E-state index is 0.800. The van der Waals surface area contributed by atoms with Crippen LogP contribution in [0, 0.1) is 10.7 Å². The molecule has 0 amide bonds. The van der Waals surface area contributed by atoms with Gasteiger partial charge in [-0.2, -0.15) is 0 Å². The molecule has 0 atom stereocenters. The number of fused-ring (bicyclic) bond motifs is 2. The molecule has 0 fully saturated rings. The van der Waals surface area contributed by atoms with E-state index in [2.05, 4.69) is 138 Å². The molecule has 206 valence electrons. The van der Waals surface area contributed by atoms with E-state index in [0.29, 0.717) is 0 Å². The van der Waals surface area contributed by atoms with Crippen molar-refractivity contribution in [3.8, 4) is 28.3 Å². The summed E-state index contributed by atoms with van der Waals surface area (Å²) in [5, 5.41) is 0. The summed E-state index contributed by atoms with van der Waals surface area (Å²) >= 11 is 2.40. The van der Waals surface area contributed by atoms with Crippen molar-refractivity contribution in [1.82, 2.24) is 14.1 Å². The number of benzene rings is 4. The van der Waals surface area contributed by atoms with Crippen LogP contribution in [0.4, 0.5) is 11.5 Å². The van der Waals surface area contributed by atoms with Crippen molar-refractivity contribution in [3.05, 3.63) is 124 Å². The molecule has 3 heterocycles. The van der Waals surface area contributed by atoms with E-state index in [0.717, 1.165) is 46.2 Å². The summed E-state index contributed by atoms with van der Waals surface area (Å²) in [4.78, 5) is 7.08. The van der Waals surface area contributed by atoms with Gasteiger partial charge in [-0.05, 0) is 18.6 Å². The van der Waals surface area contributed by atoms with Gasteiger partial charge in [-0.3, -0.25) is 0 Å². The van der Waals surface area contributed by atoms with E-state index in [1.54, 1.807) is 0 Å². The van der Waals surface area contributed by atoms with Gasteiger partial charge in [-0.1, -0.05) is 6.07 Å². The van der Waals surface area contributed by atoms with Gasteiger partial charge in [0.2, 0.25) is 0 Å². The molecule has 1 aliphatic heterocycles. The quantitative estimate of drug-likeness (QED) is 0.180. The number of nitrogens with zero attached hydrogens (tertiary/aromatic N) is 4. The van der Waals surface area contributed by atoms with E-state index in [4.69, 9.17) is 9.72 Å². The van der Waals surface area contributed by atoms with Crippen molar-refractivity contribution >= 4 is 22.5 Å². The standard InChI is InChI=1S/C35H30N4O.Pt/c1-25-17-18-36-35(20-25)38-19-9-14-30-31(26-10-4-3-5-11-26)22-29(23-34(30)38)40-28-13-8-12-27(21-28)39-24-37(2)32-15-6-7-16-33(32)39;/h3-8,10-13,15-18,20-23H,9,14,19H2,1-2H3;. The number of hydrogen-bond donors (Lipinski definition) is 0. The molecule has 6 aromatic rings. The number of aromatic nitrogens is 3. The van der Waals surface area contributed by atoms with Crippen LogP contribution in [0.5, 0.6) is 11.5 Å². The summed E-state index contributed by atoms with van der Waals surface area (Å²) in [5.41, 5.74) is 9.54. The fourth-order valence-electron chi connectivity index (χ4n) is 5.84. The van der Waals surface area contributed by atoms with Crippen molar-refractivity contribution in [3.63, 3.8) is 0 Å². The molecule has 41 heavy (non-hydrogen) atoms. The molecule has 7 rings (SSSR count). The van der Waals surface area contributed by atoms with E-state index in [-0.39, 0.29) is 0 Å². The first-order valence-electron chi connectivity index (χ1n) is 13.9. The summed E-state index contributed by atoms with van der Waals surface area (Å²) in [5.74, 6) is 2.59. The van der Waals surface area contributed by atoms with Crippen molar-refractivity contribution in [2.45, 2.75) is 19.8 Å². The van der Waals surface area contributed by atoms with Gasteiger partial charge < -0.3 is 0 Å². The number of aryl methyl sites for hydroxylation is 2. The molecule has 0 aliphatic carbocycles. The molecular weight excluding hydrogens is 687 g/mol. The Bertz CT molecular complexity index is 1960. The van der Waals surface area contributed by atoms with Crippen LogP contribution in [0.1, 0.15) is 17.5 Å². The zero-order valence-corrected chi connectivity index (χ0v) is 25.3. The second-order valence-corrected chi connectivity index (χ2v) is 11.5. The zero-order valence-electron chi connectivity index (χ0n) is 23.0. The first kappa shape index (κ1) is 25.7. The molecule has 2 aromatic heterocycles. The van der Waals surface area contributed by atoms with E-state index in [9.17, 15) is 0 Å². The van der Waals surface area contributed by atoms with Gasteiger partial charge in [0.15, 0.2) is 0 Å². The third-order valence-electron chi connectivity index (χ3n) is 7.78. The summed E-state index contributed by atoms with van der Waals surface area (Å²) in [6.07, 6.45) is 3.99. The fourth-order valence-corrected chi connectivity index (χ4v) is 6.68. The summed E-state index contributed by atoms with van der Waals surface area (Å²) in [7, 11) is 2.11. The molecule has 0 N–H and O–H groups in total. The van der Waals surface area contributed by atoms with E-state index in [1.807, 2.05) is 18.3 Å². The number of ether oxygens (including phenoxy) is 1. The number of imidazole rings is 1. The molecule has 0 radical (unpaired) electrons. The van der Waals surface area contributed by atoms with Crippen LogP contribution in [0.2, 0.25) is 0 Å². The molecule has 0 unspecified atom stereocenters. The van der Waals surface area contributed by atoms with Gasteiger partial charge in [0.05, 0.1) is 0 Å². The molecule has 0 saturated carbocycles. The van der Waals surface area contributed by atoms with E-state index in [1.165, 1.54) is 39.0 Å². The Morgan fingerprint density at radius 1 is 0.805 bits per heavy atom. The number of para-hydroxylation sites is 2. The first-order valence-corrected chi connectivity index (χ1v) is 15.0. The first-order chi connectivity index (χ1) is 20.1. The molecular formula is C35H30N4OPt. The molecule has 6 heteroatoms. The topological polar surface area (TPSA) is 35.2 Å². The third kappa shape index (κ3) is 4.75. The Labute approximate surface area is 250 Å². The monoisotopic (exact) mass is 717 g/mol. The van der Waals surface area contributed by atoms with Crippen LogP contribution in [-0.4, -0.2) is 20.7 Å². The van der Waals surface area contributed by atoms with Gasteiger partial charge in [-0.25, -0.2) is 0 Å². The van der Waals surface area contributed by atoms with Crippen LogP contribution in [-0.2, 0) is 32.8 Å². The van der Waals surface area contributed by atoms with Crippen LogP contribution < -0.4 is 9.64 Å². The predicted octanol–water partition coefficient (Wildman–Crippen LogP) is 8.29. The number of anilines is 2. The average molecular weight is 718 g/mol. The SMILES string of the molecule is Cc1ccnc(N2CCCc3c(-c4ccccc4)cc(Oc4cccc(-n5[c](=[Pt])n(C)c6ccccc65)c4)cc32)c1. The number of hydrogen-bond acceptors (Lipinski definition) is 3. The van der Waals surface area contributed by atoms with Crippen LogP contribution in [0.25, 0.3) is 27.8 Å². The Morgan fingerprint density at radius 2 is 1.61 bits per heavy atom. The van der Waals surface area contributed by atoms with Crippen molar-refractivity contribution < 1.29 is 24.1 Å². The summed E-state index contributed by atoms with van der Waals surface area (Å²) in [6, 6.07) is 36.1. The Balaban J connectivity index is 1.34. The number of pyridine rings is 1. The van der Waals surface area contributed by atoms with Crippen molar-refractivity contribution in [1.29, 1.82) is 0 Å². The second-order valence-electron chi connectivity index (χ2n) is 10.5. The normalized spacial score (nSPS) is 12.9. The molecule has 4 aromatic carbocycles. The molecule has 0 bridgehead atoms. The van der Waals surface area contributed by atoms with Gasteiger partial charge in [0.1, 0.15) is 0 Å². The molecule has 5 nitrogen and oxygen atoms in total. The van der Waals surface area contributed by atoms with Crippen LogP contribution in [0.3, 0.4) is 0 Å². The van der Waals surface area contributed by atoms with Gasteiger partial charge in [0, 0.05) is 6.20 Å². The molecule has 0 saturated heterocycles. The second kappa shape index (κ2) is 10.6. The van der Waals surface area contributed by atoms with E-state index < -0.39 is 0 Å². The van der Waals surface area contributed by atoms with Gasteiger partial charge in [-0.15, -0.1) is 0 Å². The fraction of sp³-hybridized carbons (Fsp3) is 0.143. The van der Waals surface area contributed by atoms with Crippen LogP contribution >= 0.6 is 0 Å². The third-order valence-corrected chi connectivity index (χ3v) is 9.05. The number of rotatable bonds is 5. The van der Waals surface area contributed by atoms with Crippen molar-refractivity contribution in [2.75, 3.05) is 11.4 Å². The Hall–Kier alpha value is -4.21. The maximum atomic E-state index is 6.67. The predicted molar refractivity (Wildman–Crippen MR) is 162 cm³/mol. The molecule has 0 spiro atoms. The van der Waals surface area contributed by atoms with Gasteiger partial charge in [0.25, 0.3) is 0 Å². The van der Waals surface area contributed by atoms with E-state index >= 15 is 0 Å². The van der Waals surface area contributed by atoms with Crippen LogP contribution in [0.15, 0.2) is 109 Å². The Kier molecular flexibility index (Phi) is 6.68. The van der Waals surface area contributed by atoms with Crippen molar-refractivity contribution in [2.24, 2.45) is 7.05 Å². The maximum absolute atomic E-state index is 6.67. The zero-order chi connectivity index (χ0) is 27.9. The molecule has 1 aliphatic rings. The Morgan fingerprint density at radius 3 is 2.44 bits per heavy atom. The summed E-state index contributed by atoms with van der Waals surface area (Å²) in [6.45, 7) is 3.04. The minimum absolute atomic E-state index is 0.800. The van der Waals surface area contributed by atoms with Gasteiger partial charge >= 0.3 is 221 Å². The summed E-state index contributed by atoms with van der Waals surface area (Å²) < 4.78 is 12.3.